The summed E-state index contributed by atoms with van der Waals surface area (Å²) >= 11 is 6.21. The van der Waals surface area contributed by atoms with Gasteiger partial charge in [0, 0.05) is 18.0 Å². The molecule has 1 aromatic heterocycles. The maximum absolute atomic E-state index is 12.8. The van der Waals surface area contributed by atoms with E-state index >= 15 is 0 Å². The van der Waals surface area contributed by atoms with Crippen molar-refractivity contribution < 1.29 is 41.6 Å². The third-order valence-electron chi connectivity index (χ3n) is 5.05. The number of nitrogens with zero attached hydrogens (tertiary/aromatic N) is 1. The van der Waals surface area contributed by atoms with Crippen LogP contribution in [0.15, 0.2) is 28.8 Å². The zero-order chi connectivity index (χ0) is 26.0. The molecule has 0 saturated heterocycles. The fourth-order valence-corrected chi connectivity index (χ4v) is 3.83. The van der Waals surface area contributed by atoms with Crippen molar-refractivity contribution in [1.29, 1.82) is 0 Å². The Labute approximate surface area is 204 Å². The molecule has 0 aliphatic heterocycles. The van der Waals surface area contributed by atoms with Gasteiger partial charge in [-0.15, -0.1) is 0 Å². The molecule has 1 N–H and O–H groups in total. The lowest BCUT2D eigenvalue weighted by Crippen LogP contribution is -2.34. The van der Waals surface area contributed by atoms with Crippen molar-refractivity contribution in [1.82, 2.24) is 10.5 Å². The molecule has 2 unspecified atom stereocenters. The van der Waals surface area contributed by atoms with E-state index in [-0.39, 0.29) is 28.1 Å². The summed E-state index contributed by atoms with van der Waals surface area (Å²) in [5.74, 6) is -2.07. The molecular formula is C23H24ClF3N2O6. The molecule has 1 fully saturated rings. The number of alkyl halides is 3. The van der Waals surface area contributed by atoms with Crippen LogP contribution in [0, 0.1) is 0 Å². The molecule has 2 aromatic rings. The second kappa shape index (κ2) is 10.3. The lowest BCUT2D eigenvalue weighted by molar-refractivity contribution is -0.163. The first kappa shape index (κ1) is 26.5. The van der Waals surface area contributed by atoms with Gasteiger partial charge < -0.3 is 19.3 Å². The minimum Gasteiger partial charge on any atom is -0.462 e. The average Bonchev–Trinajstić information content (AvgIpc) is 3.31. The van der Waals surface area contributed by atoms with Crippen LogP contribution in [-0.2, 0) is 25.2 Å². The van der Waals surface area contributed by atoms with Crippen LogP contribution in [0.4, 0.5) is 13.2 Å². The van der Waals surface area contributed by atoms with Gasteiger partial charge >= 0.3 is 18.1 Å². The summed E-state index contributed by atoms with van der Waals surface area (Å²) in [6.45, 7) is 5.07. The number of carbonyl (C=O) groups is 3. The number of ether oxygens (including phenoxy) is 2. The number of esters is 2. The Hall–Kier alpha value is -3.08. The lowest BCUT2D eigenvalue weighted by Gasteiger charge is -2.19. The summed E-state index contributed by atoms with van der Waals surface area (Å²) in [5, 5.41) is 6.25. The SMILES string of the molecule is CC(C)(C)OC(=O)CC(=O)OC1CCC(NC(=O)c2noc(-c3ccc(C(F)(F)F)cc3)c2Cl)C1. The first-order valence-corrected chi connectivity index (χ1v) is 11.2. The predicted octanol–water partition coefficient (Wildman–Crippen LogP) is 4.94. The van der Waals surface area contributed by atoms with E-state index in [1.54, 1.807) is 20.8 Å². The molecule has 190 valence electrons. The third-order valence-corrected chi connectivity index (χ3v) is 5.40. The van der Waals surface area contributed by atoms with Crippen LogP contribution < -0.4 is 5.32 Å². The van der Waals surface area contributed by atoms with Gasteiger partial charge in [-0.3, -0.25) is 14.4 Å². The Morgan fingerprint density at radius 2 is 1.77 bits per heavy atom. The molecule has 1 aliphatic rings. The van der Waals surface area contributed by atoms with Crippen molar-refractivity contribution in [2.24, 2.45) is 0 Å². The van der Waals surface area contributed by atoms with Gasteiger partial charge in [-0.1, -0.05) is 28.9 Å². The molecule has 0 bridgehead atoms. The molecule has 1 heterocycles. The summed E-state index contributed by atoms with van der Waals surface area (Å²) in [4.78, 5) is 36.4. The molecule has 1 aromatic carbocycles. The second-order valence-corrected chi connectivity index (χ2v) is 9.49. The van der Waals surface area contributed by atoms with Gasteiger partial charge in [0.15, 0.2) is 11.5 Å². The van der Waals surface area contributed by atoms with Crippen LogP contribution >= 0.6 is 11.6 Å². The molecule has 3 rings (SSSR count). The van der Waals surface area contributed by atoms with Crippen LogP contribution in [0.25, 0.3) is 11.3 Å². The number of hydrogen-bond donors (Lipinski definition) is 1. The van der Waals surface area contributed by atoms with Crippen molar-refractivity contribution >= 4 is 29.4 Å². The number of carbonyl (C=O) groups excluding carboxylic acids is 3. The molecule has 1 saturated carbocycles. The molecule has 12 heteroatoms. The van der Waals surface area contributed by atoms with Gasteiger partial charge in [-0.05, 0) is 45.7 Å². The Bertz CT molecular complexity index is 1090. The lowest BCUT2D eigenvalue weighted by atomic mass is 10.1. The largest absolute Gasteiger partial charge is 0.462 e. The van der Waals surface area contributed by atoms with E-state index in [4.69, 9.17) is 25.6 Å². The quantitative estimate of drug-likeness (QED) is 0.428. The van der Waals surface area contributed by atoms with Crippen LogP contribution in [0.2, 0.25) is 5.02 Å². The highest BCUT2D eigenvalue weighted by molar-refractivity contribution is 6.35. The Morgan fingerprint density at radius 1 is 1.11 bits per heavy atom. The fourth-order valence-electron chi connectivity index (χ4n) is 3.57. The van der Waals surface area contributed by atoms with Crippen LogP contribution in [0.5, 0.6) is 0 Å². The number of hydrogen-bond acceptors (Lipinski definition) is 7. The zero-order valence-electron chi connectivity index (χ0n) is 19.2. The van der Waals surface area contributed by atoms with Gasteiger partial charge in [0.1, 0.15) is 23.1 Å². The van der Waals surface area contributed by atoms with Gasteiger partial charge in [0.2, 0.25) is 0 Å². The zero-order valence-corrected chi connectivity index (χ0v) is 20.0. The van der Waals surface area contributed by atoms with E-state index in [9.17, 15) is 27.6 Å². The molecule has 2 atom stereocenters. The Morgan fingerprint density at radius 3 is 2.37 bits per heavy atom. The monoisotopic (exact) mass is 516 g/mol. The summed E-state index contributed by atoms with van der Waals surface area (Å²) < 4.78 is 53.8. The maximum atomic E-state index is 12.8. The molecular weight excluding hydrogens is 493 g/mol. The van der Waals surface area contributed by atoms with Crippen molar-refractivity contribution in [3.63, 3.8) is 0 Å². The molecule has 1 aliphatic carbocycles. The standard InChI is InChI=1S/C23H24ClF3N2O6/c1-22(2,3)34-17(31)11-16(30)33-15-9-8-14(10-15)28-21(32)19-18(24)20(35-29-19)12-4-6-13(7-5-12)23(25,26)27/h4-7,14-15H,8-11H2,1-3H3,(H,28,32). The molecule has 1 amide bonds. The van der Waals surface area contributed by atoms with E-state index in [1.165, 1.54) is 12.1 Å². The smallest absolute Gasteiger partial charge is 0.416 e. The third kappa shape index (κ3) is 7.20. The van der Waals surface area contributed by atoms with Gasteiger partial charge in [0.05, 0.1) is 5.56 Å². The average molecular weight is 517 g/mol. The van der Waals surface area contributed by atoms with E-state index in [1.807, 2.05) is 0 Å². The van der Waals surface area contributed by atoms with Crippen LogP contribution in [-0.4, -0.2) is 40.7 Å². The summed E-state index contributed by atoms with van der Waals surface area (Å²) in [6.07, 6.45) is -4.16. The molecule has 8 nitrogen and oxygen atoms in total. The van der Waals surface area contributed by atoms with E-state index < -0.39 is 47.7 Å². The molecule has 35 heavy (non-hydrogen) atoms. The summed E-state index contributed by atoms with van der Waals surface area (Å²) in [7, 11) is 0. The highest BCUT2D eigenvalue weighted by Gasteiger charge is 2.33. The predicted molar refractivity (Wildman–Crippen MR) is 117 cm³/mol. The highest BCUT2D eigenvalue weighted by Crippen LogP contribution is 2.34. The van der Waals surface area contributed by atoms with Crippen molar-refractivity contribution in [2.75, 3.05) is 0 Å². The normalized spacial score (nSPS) is 18.3. The minimum absolute atomic E-state index is 0.0362. The first-order chi connectivity index (χ1) is 16.2. The Balaban J connectivity index is 1.54. The number of halogens is 4. The Kier molecular flexibility index (Phi) is 7.78. The topological polar surface area (TPSA) is 108 Å². The first-order valence-electron chi connectivity index (χ1n) is 10.8. The highest BCUT2D eigenvalue weighted by atomic mass is 35.5. The number of aromatic nitrogens is 1. The summed E-state index contributed by atoms with van der Waals surface area (Å²) in [5.41, 5.74) is -1.54. The van der Waals surface area contributed by atoms with Crippen LogP contribution in [0.1, 0.15) is 62.5 Å². The number of rotatable bonds is 6. The molecule has 0 radical (unpaired) electrons. The van der Waals surface area contributed by atoms with E-state index in [2.05, 4.69) is 10.5 Å². The summed E-state index contributed by atoms with van der Waals surface area (Å²) in [6, 6.07) is 3.74. The molecule has 0 spiro atoms. The van der Waals surface area contributed by atoms with Gasteiger partial charge in [-0.2, -0.15) is 13.2 Å². The fraction of sp³-hybridized carbons (Fsp3) is 0.478. The maximum Gasteiger partial charge on any atom is 0.416 e. The van der Waals surface area contributed by atoms with Crippen molar-refractivity contribution in [3.8, 4) is 11.3 Å². The number of benzene rings is 1. The minimum atomic E-state index is -4.49. The van der Waals surface area contributed by atoms with Gasteiger partial charge in [-0.25, -0.2) is 0 Å². The second-order valence-electron chi connectivity index (χ2n) is 9.11. The van der Waals surface area contributed by atoms with Crippen molar-refractivity contribution in [2.45, 2.75) is 70.4 Å². The van der Waals surface area contributed by atoms with Crippen molar-refractivity contribution in [3.05, 3.63) is 40.5 Å². The number of amides is 1. The number of nitrogens with one attached hydrogen (secondary N) is 1. The van der Waals surface area contributed by atoms with Gasteiger partial charge in [0.25, 0.3) is 5.91 Å². The van der Waals surface area contributed by atoms with E-state index in [0.29, 0.717) is 19.3 Å². The van der Waals surface area contributed by atoms with Crippen LogP contribution in [0.3, 0.4) is 0 Å². The van der Waals surface area contributed by atoms with E-state index in [0.717, 1.165) is 12.1 Å².